The van der Waals surface area contributed by atoms with E-state index in [4.69, 9.17) is 16.0 Å². The molecule has 1 unspecified atom stereocenters. The summed E-state index contributed by atoms with van der Waals surface area (Å²) in [7, 11) is 3.19. The van der Waals surface area contributed by atoms with Crippen LogP contribution in [0.3, 0.4) is 0 Å². The molecule has 1 fully saturated rings. The van der Waals surface area contributed by atoms with Gasteiger partial charge in [0.25, 0.3) is 0 Å². The van der Waals surface area contributed by atoms with E-state index in [0.29, 0.717) is 17.2 Å². The maximum Gasteiger partial charge on any atom is 0.187 e. The van der Waals surface area contributed by atoms with E-state index < -0.39 is 10.2 Å². The highest BCUT2D eigenvalue weighted by atomic mass is 32.2. The highest BCUT2D eigenvalue weighted by Crippen LogP contribution is 2.58. The molecule has 1 heterocycles. The summed E-state index contributed by atoms with van der Waals surface area (Å²) in [6, 6.07) is 13.1. The van der Waals surface area contributed by atoms with Crippen molar-refractivity contribution >= 4 is 29.2 Å². The number of aliphatic hydroxyl groups is 1. The lowest BCUT2D eigenvalue weighted by atomic mass is 9.99. The molecule has 1 aliphatic rings. The topological polar surface area (TPSA) is 43.0 Å². The molecule has 0 aliphatic carbocycles. The van der Waals surface area contributed by atoms with Crippen LogP contribution in [0, 0.1) is 6.57 Å². The third-order valence-electron chi connectivity index (χ3n) is 4.40. The van der Waals surface area contributed by atoms with Gasteiger partial charge in [0.05, 0.1) is 20.8 Å². The Morgan fingerprint density at radius 2 is 1.69 bits per heavy atom. The van der Waals surface area contributed by atoms with Crippen molar-refractivity contribution in [3.8, 4) is 11.5 Å². The number of hydrogen-bond acceptors (Lipinski definition) is 5. The smallest absolute Gasteiger partial charge is 0.187 e. The van der Waals surface area contributed by atoms with E-state index in [1.807, 2.05) is 42.5 Å². The SMILES string of the molecule is [C-]#[N+]c1ccc(C2(C(O)c3ccc(OC)c(OC)c3)SCCCS2)cc1. The molecule has 4 nitrogen and oxygen atoms in total. The van der Waals surface area contributed by atoms with Gasteiger partial charge < -0.3 is 14.6 Å². The van der Waals surface area contributed by atoms with Crippen LogP contribution < -0.4 is 9.47 Å². The van der Waals surface area contributed by atoms with Crippen LogP contribution in [0.4, 0.5) is 5.69 Å². The number of aliphatic hydroxyl groups excluding tert-OH is 1. The van der Waals surface area contributed by atoms with Gasteiger partial charge in [-0.05, 0) is 41.2 Å². The minimum absolute atomic E-state index is 0.502. The third kappa shape index (κ3) is 3.52. The fourth-order valence-electron chi connectivity index (χ4n) is 3.04. The van der Waals surface area contributed by atoms with Crippen LogP contribution in [-0.2, 0) is 4.08 Å². The van der Waals surface area contributed by atoms with Gasteiger partial charge in [-0.3, -0.25) is 0 Å². The second-order valence-corrected chi connectivity index (χ2v) is 8.83. The normalized spacial score (nSPS) is 17.2. The first-order chi connectivity index (χ1) is 12.6. The fraction of sp³-hybridized carbons (Fsp3) is 0.350. The molecule has 2 aromatic rings. The molecule has 0 saturated carbocycles. The molecular formula is C20H21NO3S2. The Labute approximate surface area is 162 Å². The van der Waals surface area contributed by atoms with Crippen molar-refractivity contribution in [1.82, 2.24) is 0 Å². The Hall–Kier alpha value is -1.81. The summed E-state index contributed by atoms with van der Waals surface area (Å²) >= 11 is 3.53. The molecule has 26 heavy (non-hydrogen) atoms. The van der Waals surface area contributed by atoms with Crippen LogP contribution >= 0.6 is 23.5 Å². The molecule has 1 N–H and O–H groups in total. The molecule has 0 spiro atoms. The summed E-state index contributed by atoms with van der Waals surface area (Å²) in [5.41, 5.74) is 2.43. The molecular weight excluding hydrogens is 366 g/mol. The molecule has 0 amide bonds. The van der Waals surface area contributed by atoms with Crippen LogP contribution in [0.15, 0.2) is 42.5 Å². The lowest BCUT2D eigenvalue weighted by Crippen LogP contribution is -2.30. The maximum absolute atomic E-state index is 11.4. The molecule has 1 atom stereocenters. The molecule has 0 radical (unpaired) electrons. The van der Waals surface area contributed by atoms with Crippen molar-refractivity contribution in [2.75, 3.05) is 25.7 Å². The minimum Gasteiger partial charge on any atom is -0.493 e. The molecule has 6 heteroatoms. The predicted molar refractivity (Wildman–Crippen MR) is 108 cm³/mol. The molecule has 0 bridgehead atoms. The Kier molecular flexibility index (Phi) is 6.02. The number of rotatable bonds is 5. The number of hydrogen-bond donors (Lipinski definition) is 1. The largest absolute Gasteiger partial charge is 0.493 e. The predicted octanol–water partition coefficient (Wildman–Crippen LogP) is 5.01. The van der Waals surface area contributed by atoms with Crippen molar-refractivity contribution in [2.24, 2.45) is 0 Å². The van der Waals surface area contributed by atoms with Gasteiger partial charge in [-0.2, -0.15) is 0 Å². The standard InChI is InChI=1S/C20H21NO3S2/c1-21-16-8-6-15(7-9-16)20(25-11-4-12-26-20)19(22)14-5-10-17(23-2)18(13-14)24-3/h5-10,13,19,22H,4,11-12H2,2-3H3. The number of benzene rings is 2. The molecule has 3 rings (SSSR count). The quantitative estimate of drug-likeness (QED) is 0.731. The molecule has 1 saturated heterocycles. The van der Waals surface area contributed by atoms with Crippen LogP contribution in [0.2, 0.25) is 0 Å². The van der Waals surface area contributed by atoms with Crippen molar-refractivity contribution < 1.29 is 14.6 Å². The summed E-state index contributed by atoms with van der Waals surface area (Å²) < 4.78 is 10.2. The molecule has 1 aliphatic heterocycles. The summed E-state index contributed by atoms with van der Waals surface area (Å²) in [5.74, 6) is 3.22. The second-order valence-electron chi connectivity index (χ2n) is 5.89. The maximum atomic E-state index is 11.4. The van der Waals surface area contributed by atoms with Gasteiger partial charge in [-0.25, -0.2) is 4.85 Å². The summed E-state index contributed by atoms with van der Waals surface area (Å²) in [4.78, 5) is 3.47. The highest BCUT2D eigenvalue weighted by Gasteiger charge is 2.43. The Morgan fingerprint density at radius 3 is 2.27 bits per heavy atom. The number of methoxy groups -OCH3 is 2. The van der Waals surface area contributed by atoms with Crippen molar-refractivity contribution in [3.63, 3.8) is 0 Å². The Bertz CT molecular complexity index is 796. The van der Waals surface area contributed by atoms with E-state index in [0.717, 1.165) is 29.1 Å². The van der Waals surface area contributed by atoms with Crippen LogP contribution in [0.1, 0.15) is 23.7 Å². The van der Waals surface area contributed by atoms with E-state index in [9.17, 15) is 5.11 Å². The van der Waals surface area contributed by atoms with Gasteiger partial charge in [-0.1, -0.05) is 30.3 Å². The number of nitrogens with zero attached hydrogens (tertiary/aromatic N) is 1. The average Bonchev–Trinajstić information content (AvgIpc) is 2.73. The summed E-state index contributed by atoms with van der Waals surface area (Å²) in [6.45, 7) is 7.15. The van der Waals surface area contributed by atoms with E-state index in [1.165, 1.54) is 0 Å². The number of ether oxygens (including phenoxy) is 2. The lowest BCUT2D eigenvalue weighted by Gasteiger charge is -2.40. The zero-order valence-corrected chi connectivity index (χ0v) is 16.4. The van der Waals surface area contributed by atoms with E-state index in [1.54, 1.807) is 37.7 Å². The van der Waals surface area contributed by atoms with Crippen molar-refractivity contribution in [3.05, 3.63) is 65.0 Å². The van der Waals surface area contributed by atoms with Crippen molar-refractivity contribution in [2.45, 2.75) is 16.6 Å². The monoisotopic (exact) mass is 387 g/mol. The fourth-order valence-corrected chi connectivity index (χ4v) is 6.43. The third-order valence-corrected chi connectivity index (χ3v) is 7.87. The van der Waals surface area contributed by atoms with Crippen LogP contribution in [0.25, 0.3) is 4.85 Å². The van der Waals surface area contributed by atoms with Crippen LogP contribution in [0.5, 0.6) is 11.5 Å². The number of thioether (sulfide) groups is 2. The van der Waals surface area contributed by atoms with Gasteiger partial charge in [-0.15, -0.1) is 23.5 Å². The first-order valence-corrected chi connectivity index (χ1v) is 10.3. The second kappa shape index (κ2) is 8.26. The first-order valence-electron chi connectivity index (χ1n) is 8.30. The van der Waals surface area contributed by atoms with Gasteiger partial charge in [0, 0.05) is 0 Å². The Balaban J connectivity index is 2.03. The summed E-state index contributed by atoms with van der Waals surface area (Å²) in [6.07, 6.45) is 0.409. The molecule has 2 aromatic carbocycles. The zero-order chi connectivity index (χ0) is 18.6. The van der Waals surface area contributed by atoms with E-state index in [2.05, 4.69) is 4.85 Å². The van der Waals surface area contributed by atoms with Gasteiger partial charge in [0.1, 0.15) is 10.2 Å². The average molecular weight is 388 g/mol. The first kappa shape index (κ1) is 19.0. The van der Waals surface area contributed by atoms with Crippen molar-refractivity contribution in [1.29, 1.82) is 0 Å². The van der Waals surface area contributed by atoms with Crippen LogP contribution in [-0.4, -0.2) is 30.8 Å². The summed E-state index contributed by atoms with van der Waals surface area (Å²) in [5, 5.41) is 11.4. The molecule has 136 valence electrons. The molecule has 0 aromatic heterocycles. The highest BCUT2D eigenvalue weighted by molar-refractivity contribution is 8.18. The Morgan fingerprint density at radius 1 is 1.04 bits per heavy atom. The van der Waals surface area contributed by atoms with E-state index >= 15 is 0 Å². The lowest BCUT2D eigenvalue weighted by molar-refractivity contribution is 0.162. The zero-order valence-electron chi connectivity index (χ0n) is 14.8. The minimum atomic E-state index is -0.712. The van der Waals surface area contributed by atoms with Gasteiger partial charge in [0.2, 0.25) is 0 Å². The van der Waals surface area contributed by atoms with Gasteiger partial charge in [0.15, 0.2) is 17.2 Å². The van der Waals surface area contributed by atoms with E-state index in [-0.39, 0.29) is 0 Å². The van der Waals surface area contributed by atoms with Gasteiger partial charge >= 0.3 is 0 Å².